The maximum Gasteiger partial charge on any atom is 0.159 e. The van der Waals surface area contributed by atoms with Gasteiger partial charge in [0.15, 0.2) is 11.6 Å². The first-order chi connectivity index (χ1) is 13.1. The zero-order valence-electron chi connectivity index (χ0n) is 14.6. The van der Waals surface area contributed by atoms with Gasteiger partial charge >= 0.3 is 0 Å². The van der Waals surface area contributed by atoms with Crippen molar-refractivity contribution in [1.29, 1.82) is 0 Å². The van der Waals surface area contributed by atoms with Gasteiger partial charge in [-0.05, 0) is 24.3 Å². The molecule has 1 N–H and O–H groups in total. The molecular formula is C19H17Cl2N5O. The number of hydrogen-bond acceptors (Lipinski definition) is 5. The molecule has 1 aliphatic heterocycles. The van der Waals surface area contributed by atoms with E-state index in [2.05, 4.69) is 10.2 Å². The molecule has 0 amide bonds. The second-order valence-corrected chi connectivity index (χ2v) is 7.00. The number of rotatable bonds is 4. The Kier molecular flexibility index (Phi) is 4.97. The van der Waals surface area contributed by atoms with E-state index in [0.717, 1.165) is 22.5 Å². The summed E-state index contributed by atoms with van der Waals surface area (Å²) in [5, 5.41) is 20.9. The molecule has 2 heterocycles. The second-order valence-electron chi connectivity index (χ2n) is 6.15. The molecule has 0 unspecified atom stereocenters. The molecule has 0 radical (unpaired) electrons. The average molecular weight is 402 g/mol. The lowest BCUT2D eigenvalue weighted by Gasteiger charge is -2.16. The van der Waals surface area contributed by atoms with E-state index in [0.29, 0.717) is 34.8 Å². The summed E-state index contributed by atoms with van der Waals surface area (Å²) in [6.45, 7) is 2.95. The maximum absolute atomic E-state index is 9.95. The minimum Gasteiger partial charge on any atom is -0.314 e. The van der Waals surface area contributed by atoms with Crippen molar-refractivity contribution < 1.29 is 5.21 Å². The number of aromatic nitrogens is 3. The molecule has 0 atom stereocenters. The lowest BCUT2D eigenvalue weighted by atomic mass is 10.0. The van der Waals surface area contributed by atoms with Crippen LogP contribution in [-0.4, -0.2) is 37.3 Å². The zero-order chi connectivity index (χ0) is 19.0. The van der Waals surface area contributed by atoms with Crippen LogP contribution in [0.25, 0.3) is 5.69 Å². The molecule has 0 aliphatic carbocycles. The van der Waals surface area contributed by atoms with Crippen LogP contribution in [-0.2, 0) is 13.1 Å². The molecular weight excluding hydrogens is 385 g/mol. The van der Waals surface area contributed by atoms with Crippen LogP contribution >= 0.6 is 23.2 Å². The van der Waals surface area contributed by atoms with Gasteiger partial charge in [0.1, 0.15) is 6.54 Å². The highest BCUT2D eigenvalue weighted by atomic mass is 35.5. The van der Waals surface area contributed by atoms with Crippen LogP contribution in [0.2, 0.25) is 10.0 Å². The predicted molar refractivity (Wildman–Crippen MR) is 105 cm³/mol. The van der Waals surface area contributed by atoms with Crippen molar-refractivity contribution in [3.05, 3.63) is 75.3 Å². The minimum absolute atomic E-state index is 0.257. The Morgan fingerprint density at radius 3 is 2.70 bits per heavy atom. The molecule has 3 aromatic rings. The summed E-state index contributed by atoms with van der Waals surface area (Å²) in [6.07, 6.45) is 0. The number of nitrogens with zero attached hydrogens (tertiary/aromatic N) is 5. The SMILES string of the molecule is CCN(O)Cc1nnc2n1-c1ccc(Cl)cc1C(c1ccccc1Cl)=NC2. The summed E-state index contributed by atoms with van der Waals surface area (Å²) in [4.78, 5) is 4.76. The van der Waals surface area contributed by atoms with E-state index in [1.54, 1.807) is 0 Å². The van der Waals surface area contributed by atoms with Gasteiger partial charge in [-0.2, -0.15) is 5.06 Å². The van der Waals surface area contributed by atoms with E-state index in [1.165, 1.54) is 5.06 Å². The van der Waals surface area contributed by atoms with Crippen LogP contribution in [0, 0.1) is 0 Å². The highest BCUT2D eigenvalue weighted by Crippen LogP contribution is 2.30. The maximum atomic E-state index is 9.95. The van der Waals surface area contributed by atoms with E-state index >= 15 is 0 Å². The van der Waals surface area contributed by atoms with Gasteiger partial charge in [0.25, 0.3) is 0 Å². The fourth-order valence-electron chi connectivity index (χ4n) is 3.12. The zero-order valence-corrected chi connectivity index (χ0v) is 16.1. The molecule has 2 aromatic carbocycles. The fraction of sp³-hybridized carbons (Fsp3) is 0.211. The van der Waals surface area contributed by atoms with Gasteiger partial charge < -0.3 is 5.21 Å². The first kappa shape index (κ1) is 18.1. The van der Waals surface area contributed by atoms with Crippen LogP contribution in [0.4, 0.5) is 0 Å². The minimum atomic E-state index is 0.257. The van der Waals surface area contributed by atoms with Crippen LogP contribution in [0.1, 0.15) is 29.7 Å². The Hall–Kier alpha value is -2.25. The highest BCUT2D eigenvalue weighted by Gasteiger charge is 2.24. The van der Waals surface area contributed by atoms with Gasteiger partial charge in [-0.3, -0.25) is 9.56 Å². The quantitative estimate of drug-likeness (QED) is 0.667. The Bertz CT molecular complexity index is 1030. The third-order valence-corrected chi connectivity index (χ3v) is 5.01. The Morgan fingerprint density at radius 2 is 1.93 bits per heavy atom. The van der Waals surface area contributed by atoms with E-state index in [4.69, 9.17) is 28.2 Å². The molecule has 27 heavy (non-hydrogen) atoms. The monoisotopic (exact) mass is 401 g/mol. The fourth-order valence-corrected chi connectivity index (χ4v) is 3.52. The van der Waals surface area contributed by atoms with Crippen LogP contribution < -0.4 is 0 Å². The normalized spacial score (nSPS) is 13.1. The summed E-state index contributed by atoms with van der Waals surface area (Å²) >= 11 is 12.7. The molecule has 1 aromatic heterocycles. The Morgan fingerprint density at radius 1 is 1.11 bits per heavy atom. The molecule has 0 saturated heterocycles. The highest BCUT2D eigenvalue weighted by molar-refractivity contribution is 6.36. The van der Waals surface area contributed by atoms with Crippen LogP contribution in [0.15, 0.2) is 47.5 Å². The van der Waals surface area contributed by atoms with Gasteiger partial charge in [0.2, 0.25) is 0 Å². The lowest BCUT2D eigenvalue weighted by molar-refractivity contribution is -0.0967. The van der Waals surface area contributed by atoms with E-state index < -0.39 is 0 Å². The average Bonchev–Trinajstić information content (AvgIpc) is 2.98. The van der Waals surface area contributed by atoms with Gasteiger partial charge in [-0.25, -0.2) is 0 Å². The summed E-state index contributed by atoms with van der Waals surface area (Å²) in [5.74, 6) is 1.33. The number of hydrogen-bond donors (Lipinski definition) is 1. The number of benzene rings is 2. The number of hydroxylamine groups is 2. The molecule has 0 saturated carbocycles. The van der Waals surface area contributed by atoms with Crippen molar-refractivity contribution in [3.63, 3.8) is 0 Å². The van der Waals surface area contributed by atoms with Crippen molar-refractivity contribution >= 4 is 28.9 Å². The van der Waals surface area contributed by atoms with Crippen molar-refractivity contribution in [1.82, 2.24) is 19.8 Å². The number of aliphatic imine (C=N–C) groups is 1. The topological polar surface area (TPSA) is 66.5 Å². The second kappa shape index (κ2) is 7.40. The first-order valence-corrected chi connectivity index (χ1v) is 9.30. The summed E-state index contributed by atoms with van der Waals surface area (Å²) < 4.78 is 1.93. The standard InChI is InChI=1S/C19H17Cl2N5O/c1-2-25(27)11-18-24-23-17-10-22-19(13-5-3-4-6-15(13)21)14-9-12(20)7-8-16(14)26(17)18/h3-9,27H,2,10-11H2,1H3. The first-order valence-electron chi connectivity index (χ1n) is 8.55. The van der Waals surface area contributed by atoms with Gasteiger partial charge in [-0.15, -0.1) is 10.2 Å². The molecule has 0 fully saturated rings. The molecule has 0 bridgehead atoms. The predicted octanol–water partition coefficient (Wildman–Crippen LogP) is 4.14. The Labute approximate surface area is 166 Å². The number of fused-ring (bicyclic) bond motifs is 3. The lowest BCUT2D eigenvalue weighted by Crippen LogP contribution is -2.21. The Balaban J connectivity index is 1.92. The van der Waals surface area contributed by atoms with Crippen molar-refractivity contribution in [2.45, 2.75) is 20.0 Å². The van der Waals surface area contributed by atoms with E-state index in [9.17, 15) is 5.21 Å². The third-order valence-electron chi connectivity index (χ3n) is 4.45. The van der Waals surface area contributed by atoms with Gasteiger partial charge in [-0.1, -0.05) is 48.3 Å². The van der Waals surface area contributed by atoms with Crippen LogP contribution in [0.3, 0.4) is 0 Å². The van der Waals surface area contributed by atoms with Crippen molar-refractivity contribution in [2.24, 2.45) is 4.99 Å². The van der Waals surface area contributed by atoms with Crippen LogP contribution in [0.5, 0.6) is 0 Å². The van der Waals surface area contributed by atoms with E-state index in [1.807, 2.05) is 54.0 Å². The molecule has 6 nitrogen and oxygen atoms in total. The smallest absolute Gasteiger partial charge is 0.159 e. The molecule has 8 heteroatoms. The number of halogens is 2. The molecule has 138 valence electrons. The summed E-state index contributed by atoms with van der Waals surface area (Å²) in [6, 6.07) is 13.2. The summed E-state index contributed by atoms with van der Waals surface area (Å²) in [7, 11) is 0. The van der Waals surface area contributed by atoms with Gasteiger partial charge in [0.05, 0.1) is 17.9 Å². The van der Waals surface area contributed by atoms with Crippen molar-refractivity contribution in [3.8, 4) is 5.69 Å². The molecule has 1 aliphatic rings. The van der Waals surface area contributed by atoms with Crippen molar-refractivity contribution in [2.75, 3.05) is 6.54 Å². The summed E-state index contributed by atoms with van der Waals surface area (Å²) in [5.41, 5.74) is 3.29. The van der Waals surface area contributed by atoms with Gasteiger partial charge in [0, 0.05) is 27.7 Å². The third kappa shape index (κ3) is 3.37. The molecule has 4 rings (SSSR count). The van der Waals surface area contributed by atoms with E-state index in [-0.39, 0.29) is 6.54 Å². The molecule has 0 spiro atoms. The largest absolute Gasteiger partial charge is 0.314 e.